The lowest BCUT2D eigenvalue weighted by atomic mass is 10.1. The van der Waals surface area contributed by atoms with Crippen LogP contribution in [-0.4, -0.2) is 30.8 Å². The Hall–Kier alpha value is -2.76. The van der Waals surface area contributed by atoms with Gasteiger partial charge in [0.05, 0.1) is 17.4 Å². The zero-order chi connectivity index (χ0) is 16.4. The van der Waals surface area contributed by atoms with Crippen LogP contribution in [0.4, 0.5) is 11.4 Å². The number of fused-ring (bicyclic) bond motifs is 1. The second-order valence-corrected chi connectivity index (χ2v) is 6.00. The summed E-state index contributed by atoms with van der Waals surface area (Å²) in [6.07, 6.45) is 7.06. The van der Waals surface area contributed by atoms with E-state index < -0.39 is 0 Å². The molecule has 1 aromatic heterocycles. The van der Waals surface area contributed by atoms with Gasteiger partial charge in [-0.15, -0.1) is 0 Å². The normalized spacial score (nSPS) is 16.1. The first-order valence-electron chi connectivity index (χ1n) is 8.20. The second kappa shape index (κ2) is 6.39. The van der Waals surface area contributed by atoms with Crippen LogP contribution in [0.5, 0.6) is 11.5 Å². The number of hydrogen-bond acceptors (Lipinski definition) is 5. The summed E-state index contributed by atoms with van der Waals surface area (Å²) in [6, 6.07) is 7.26. The topological polar surface area (TPSA) is 63.7 Å². The van der Waals surface area contributed by atoms with Crippen LogP contribution in [0, 0.1) is 0 Å². The number of aromatic nitrogens is 1. The Morgan fingerprint density at radius 3 is 2.75 bits per heavy atom. The summed E-state index contributed by atoms with van der Waals surface area (Å²) in [7, 11) is 0. The van der Waals surface area contributed by atoms with E-state index in [1.165, 1.54) is 19.3 Å². The molecular formula is C18H19N3O3. The molecule has 1 N–H and O–H groups in total. The van der Waals surface area contributed by atoms with Crippen LogP contribution in [-0.2, 0) is 0 Å². The van der Waals surface area contributed by atoms with Crippen LogP contribution in [0.1, 0.15) is 29.6 Å². The van der Waals surface area contributed by atoms with Gasteiger partial charge in [0.2, 0.25) is 6.79 Å². The number of carbonyl (C=O) groups excluding carboxylic acids is 1. The molecule has 4 rings (SSSR count). The number of piperidine rings is 1. The fourth-order valence-electron chi connectivity index (χ4n) is 3.05. The van der Waals surface area contributed by atoms with Crippen molar-refractivity contribution in [2.24, 2.45) is 0 Å². The Kier molecular flexibility index (Phi) is 3.94. The SMILES string of the molecule is O=C(Nc1ccc2c(c1)OCO2)c1cncc(N2CCCCC2)c1. The van der Waals surface area contributed by atoms with E-state index >= 15 is 0 Å². The van der Waals surface area contributed by atoms with E-state index in [0.717, 1.165) is 18.8 Å². The van der Waals surface area contributed by atoms with Crippen LogP contribution in [0.25, 0.3) is 0 Å². The lowest BCUT2D eigenvalue weighted by Gasteiger charge is -2.28. The number of carbonyl (C=O) groups is 1. The molecule has 0 atom stereocenters. The van der Waals surface area contributed by atoms with E-state index in [4.69, 9.17) is 9.47 Å². The number of rotatable bonds is 3. The molecule has 1 fully saturated rings. The molecule has 2 aliphatic rings. The van der Waals surface area contributed by atoms with E-state index in [-0.39, 0.29) is 12.7 Å². The average Bonchev–Trinajstić information content (AvgIpc) is 3.10. The van der Waals surface area contributed by atoms with E-state index in [9.17, 15) is 4.79 Å². The first-order valence-corrected chi connectivity index (χ1v) is 8.20. The van der Waals surface area contributed by atoms with Gasteiger partial charge in [-0.25, -0.2) is 0 Å². The van der Waals surface area contributed by atoms with Crippen molar-refractivity contribution in [3.8, 4) is 11.5 Å². The predicted octanol–water partition coefficient (Wildman–Crippen LogP) is 3.05. The summed E-state index contributed by atoms with van der Waals surface area (Å²) < 4.78 is 10.6. The molecule has 0 aliphatic carbocycles. The molecule has 0 radical (unpaired) electrons. The largest absolute Gasteiger partial charge is 0.454 e. The summed E-state index contributed by atoms with van der Waals surface area (Å²) in [5, 5.41) is 2.89. The maximum atomic E-state index is 12.5. The minimum atomic E-state index is -0.180. The van der Waals surface area contributed by atoms with Crippen molar-refractivity contribution in [1.29, 1.82) is 0 Å². The lowest BCUT2D eigenvalue weighted by molar-refractivity contribution is 0.102. The molecule has 6 nitrogen and oxygen atoms in total. The number of amides is 1. The molecule has 124 valence electrons. The summed E-state index contributed by atoms with van der Waals surface area (Å²) in [6.45, 7) is 2.26. The van der Waals surface area contributed by atoms with Gasteiger partial charge in [-0.1, -0.05) is 0 Å². The molecule has 6 heteroatoms. The highest BCUT2D eigenvalue weighted by molar-refractivity contribution is 6.04. The molecule has 0 saturated carbocycles. The van der Waals surface area contributed by atoms with Crippen molar-refractivity contribution in [2.45, 2.75) is 19.3 Å². The monoisotopic (exact) mass is 325 g/mol. The molecular weight excluding hydrogens is 306 g/mol. The number of pyridine rings is 1. The summed E-state index contributed by atoms with van der Waals surface area (Å²) >= 11 is 0. The van der Waals surface area contributed by atoms with Crippen molar-refractivity contribution in [1.82, 2.24) is 4.98 Å². The number of nitrogens with one attached hydrogen (secondary N) is 1. The van der Waals surface area contributed by atoms with Gasteiger partial charge in [0.1, 0.15) is 0 Å². The van der Waals surface area contributed by atoms with E-state index in [2.05, 4.69) is 15.2 Å². The highest BCUT2D eigenvalue weighted by atomic mass is 16.7. The molecule has 1 amide bonds. The molecule has 0 spiro atoms. The van der Waals surface area contributed by atoms with Crippen LogP contribution >= 0.6 is 0 Å². The second-order valence-electron chi connectivity index (χ2n) is 6.00. The zero-order valence-electron chi connectivity index (χ0n) is 13.3. The number of nitrogens with zero attached hydrogens (tertiary/aromatic N) is 2. The summed E-state index contributed by atoms with van der Waals surface area (Å²) in [4.78, 5) is 19.0. The third-order valence-electron chi connectivity index (χ3n) is 4.34. The van der Waals surface area contributed by atoms with Gasteiger partial charge in [0.25, 0.3) is 5.91 Å². The summed E-state index contributed by atoms with van der Waals surface area (Å²) in [5.41, 5.74) is 2.23. The van der Waals surface area contributed by atoms with Gasteiger partial charge < -0.3 is 19.7 Å². The summed E-state index contributed by atoms with van der Waals surface area (Å²) in [5.74, 6) is 1.16. The molecule has 1 saturated heterocycles. The first-order chi connectivity index (χ1) is 11.8. The van der Waals surface area contributed by atoms with Gasteiger partial charge in [-0.3, -0.25) is 9.78 Å². The molecule has 2 aromatic rings. The maximum absolute atomic E-state index is 12.5. The van der Waals surface area contributed by atoms with Crippen molar-refractivity contribution < 1.29 is 14.3 Å². The quantitative estimate of drug-likeness (QED) is 0.939. The van der Waals surface area contributed by atoms with E-state index in [0.29, 0.717) is 22.7 Å². The average molecular weight is 325 g/mol. The minimum absolute atomic E-state index is 0.180. The molecule has 2 aliphatic heterocycles. The van der Waals surface area contributed by atoms with Crippen molar-refractivity contribution in [3.05, 3.63) is 42.2 Å². The standard InChI is InChI=1S/C18H19N3O3/c22-18(20-14-4-5-16-17(9-14)24-12-23-16)13-8-15(11-19-10-13)21-6-2-1-3-7-21/h4-5,8-11H,1-3,6-7,12H2,(H,20,22). The predicted molar refractivity (Wildman–Crippen MR) is 90.8 cm³/mol. The van der Waals surface area contributed by atoms with Crippen LogP contribution in [0.3, 0.4) is 0 Å². The van der Waals surface area contributed by atoms with Crippen molar-refractivity contribution in [2.75, 3.05) is 30.1 Å². The highest BCUT2D eigenvalue weighted by Gasteiger charge is 2.16. The Morgan fingerprint density at radius 1 is 1.04 bits per heavy atom. The van der Waals surface area contributed by atoms with Gasteiger partial charge in [-0.05, 0) is 37.5 Å². The first kappa shape index (κ1) is 14.8. The Labute approximate surface area is 140 Å². The highest BCUT2D eigenvalue weighted by Crippen LogP contribution is 2.34. The van der Waals surface area contributed by atoms with Gasteiger partial charge in [0, 0.05) is 31.0 Å². The fourth-order valence-corrected chi connectivity index (χ4v) is 3.05. The van der Waals surface area contributed by atoms with Gasteiger partial charge in [0.15, 0.2) is 11.5 Å². The Morgan fingerprint density at radius 2 is 1.88 bits per heavy atom. The lowest BCUT2D eigenvalue weighted by Crippen LogP contribution is -2.29. The van der Waals surface area contributed by atoms with Crippen molar-refractivity contribution >= 4 is 17.3 Å². The molecule has 24 heavy (non-hydrogen) atoms. The third-order valence-corrected chi connectivity index (χ3v) is 4.34. The third kappa shape index (κ3) is 2.99. The van der Waals surface area contributed by atoms with Crippen LogP contribution in [0.15, 0.2) is 36.7 Å². The minimum Gasteiger partial charge on any atom is -0.454 e. The van der Waals surface area contributed by atoms with Gasteiger partial charge >= 0.3 is 0 Å². The smallest absolute Gasteiger partial charge is 0.257 e. The van der Waals surface area contributed by atoms with Crippen LogP contribution in [0.2, 0.25) is 0 Å². The number of anilines is 2. The molecule has 0 unspecified atom stereocenters. The molecule has 0 bridgehead atoms. The van der Waals surface area contributed by atoms with E-state index in [1.54, 1.807) is 24.4 Å². The number of hydrogen-bond donors (Lipinski definition) is 1. The Bertz CT molecular complexity index is 757. The molecule has 1 aromatic carbocycles. The number of ether oxygens (including phenoxy) is 2. The van der Waals surface area contributed by atoms with Crippen LogP contribution < -0.4 is 19.7 Å². The van der Waals surface area contributed by atoms with Gasteiger partial charge in [-0.2, -0.15) is 0 Å². The number of benzene rings is 1. The van der Waals surface area contributed by atoms with Crippen molar-refractivity contribution in [3.63, 3.8) is 0 Å². The zero-order valence-corrected chi connectivity index (χ0v) is 13.3. The maximum Gasteiger partial charge on any atom is 0.257 e. The van der Waals surface area contributed by atoms with E-state index in [1.807, 2.05) is 12.3 Å². The Balaban J connectivity index is 1.50. The molecule has 3 heterocycles. The fraction of sp³-hybridized carbons (Fsp3) is 0.333.